The molecule has 1 aromatic carbocycles. The minimum absolute atomic E-state index is 0.0653. The molecular formula is C23H28BrN5O. The Hall–Kier alpha value is -2.41. The minimum Gasteiger partial charge on any atom is -0.329 e. The Labute approximate surface area is 185 Å². The summed E-state index contributed by atoms with van der Waals surface area (Å²) in [5.41, 5.74) is 4.66. The van der Waals surface area contributed by atoms with E-state index in [1.165, 1.54) is 11.3 Å². The highest BCUT2D eigenvalue weighted by Crippen LogP contribution is 2.33. The summed E-state index contributed by atoms with van der Waals surface area (Å²) in [6, 6.07) is 6.19. The summed E-state index contributed by atoms with van der Waals surface area (Å²) in [5.74, 6) is 1.91. The van der Waals surface area contributed by atoms with E-state index in [2.05, 4.69) is 66.7 Å². The van der Waals surface area contributed by atoms with Crippen molar-refractivity contribution in [3.8, 4) is 5.69 Å². The lowest BCUT2D eigenvalue weighted by Crippen LogP contribution is -2.26. The van der Waals surface area contributed by atoms with Gasteiger partial charge in [-0.15, -0.1) is 0 Å². The Morgan fingerprint density at radius 3 is 2.67 bits per heavy atom. The maximum Gasteiger partial charge on any atom is 0.335 e. The second-order valence-electron chi connectivity index (χ2n) is 8.04. The molecule has 6 nitrogen and oxygen atoms in total. The van der Waals surface area contributed by atoms with Crippen LogP contribution in [-0.4, -0.2) is 25.6 Å². The van der Waals surface area contributed by atoms with E-state index in [0.29, 0.717) is 23.9 Å². The number of allylic oxidation sites excluding steroid dienone is 2. The van der Waals surface area contributed by atoms with E-state index in [1.54, 1.807) is 4.57 Å². The summed E-state index contributed by atoms with van der Waals surface area (Å²) in [6.45, 7) is 11.9. The van der Waals surface area contributed by atoms with Crippen molar-refractivity contribution in [3.05, 3.63) is 56.3 Å². The molecule has 1 aliphatic heterocycles. The number of nitrogens with zero attached hydrogens (tertiary/aromatic N) is 5. The average Bonchev–Trinajstić information content (AvgIpc) is 2.85. The topological polar surface area (TPSA) is 56.0 Å². The van der Waals surface area contributed by atoms with E-state index in [9.17, 15) is 4.79 Å². The Kier molecular flexibility index (Phi) is 5.57. The molecule has 0 saturated heterocycles. The van der Waals surface area contributed by atoms with Crippen LogP contribution in [0.5, 0.6) is 0 Å². The molecule has 4 rings (SSSR count). The van der Waals surface area contributed by atoms with Gasteiger partial charge < -0.3 is 4.90 Å². The summed E-state index contributed by atoms with van der Waals surface area (Å²) in [7, 11) is 0. The van der Waals surface area contributed by atoms with E-state index in [1.807, 2.05) is 17.6 Å². The highest BCUT2D eigenvalue weighted by Gasteiger charge is 2.27. The zero-order valence-corrected chi connectivity index (χ0v) is 19.8. The second kappa shape index (κ2) is 8.02. The summed E-state index contributed by atoms with van der Waals surface area (Å²) >= 11 is 3.70. The molecule has 0 amide bonds. The first-order valence-corrected chi connectivity index (χ1v) is 11.4. The van der Waals surface area contributed by atoms with Crippen molar-refractivity contribution < 1.29 is 0 Å². The fourth-order valence-electron chi connectivity index (χ4n) is 4.24. The van der Waals surface area contributed by atoms with Crippen molar-refractivity contribution in [3.63, 3.8) is 0 Å². The molecule has 3 aromatic rings. The third kappa shape index (κ3) is 3.29. The van der Waals surface area contributed by atoms with E-state index in [4.69, 9.17) is 9.97 Å². The van der Waals surface area contributed by atoms with Crippen LogP contribution in [0.25, 0.3) is 16.9 Å². The summed E-state index contributed by atoms with van der Waals surface area (Å²) in [5, 5.41) is 0. The number of imidazole rings is 1. The highest BCUT2D eigenvalue weighted by atomic mass is 79.9. The van der Waals surface area contributed by atoms with Gasteiger partial charge in [0.15, 0.2) is 11.5 Å². The number of aromatic nitrogens is 4. The molecule has 158 valence electrons. The van der Waals surface area contributed by atoms with E-state index in [-0.39, 0.29) is 5.69 Å². The standard InChI is InChI=1S/C23H28BrN5O/c1-6-17(7-2)27-11-8-12-28-20-21(27)25-15(5)26-22(20)29(23(28)30)19-10-9-16(14(3)4)13-18(19)24/h6,9-10,13-14H,7-8,11-12H2,1-5H3/b17-6+. The lowest BCUT2D eigenvalue weighted by molar-refractivity contribution is 0.639. The van der Waals surface area contributed by atoms with Crippen molar-refractivity contribution >= 4 is 32.9 Å². The van der Waals surface area contributed by atoms with Gasteiger partial charge in [0.1, 0.15) is 11.3 Å². The molecule has 7 heteroatoms. The van der Waals surface area contributed by atoms with Crippen molar-refractivity contribution in [2.75, 3.05) is 11.4 Å². The zero-order chi connectivity index (χ0) is 21.6. The summed E-state index contributed by atoms with van der Waals surface area (Å²) < 4.78 is 4.46. The fourth-order valence-corrected chi connectivity index (χ4v) is 4.82. The van der Waals surface area contributed by atoms with Crippen LogP contribution in [0.15, 0.2) is 39.2 Å². The molecule has 0 saturated carbocycles. The van der Waals surface area contributed by atoms with Gasteiger partial charge >= 0.3 is 5.69 Å². The van der Waals surface area contributed by atoms with Crippen molar-refractivity contribution in [1.82, 2.24) is 19.1 Å². The summed E-state index contributed by atoms with van der Waals surface area (Å²) in [4.78, 5) is 25.3. The normalized spacial score (nSPS) is 14.6. The van der Waals surface area contributed by atoms with E-state index < -0.39 is 0 Å². The molecule has 0 aliphatic carbocycles. The number of hydrogen-bond donors (Lipinski definition) is 0. The first-order valence-electron chi connectivity index (χ1n) is 10.6. The molecule has 0 spiro atoms. The summed E-state index contributed by atoms with van der Waals surface area (Å²) in [6.07, 6.45) is 3.92. The van der Waals surface area contributed by atoms with Gasteiger partial charge in [-0.05, 0) is 66.2 Å². The van der Waals surface area contributed by atoms with Gasteiger partial charge in [-0.2, -0.15) is 0 Å². The molecule has 0 N–H and O–H groups in total. The smallest absolute Gasteiger partial charge is 0.329 e. The fraction of sp³-hybridized carbons (Fsp3) is 0.435. The van der Waals surface area contributed by atoms with Gasteiger partial charge in [-0.25, -0.2) is 19.3 Å². The van der Waals surface area contributed by atoms with Crippen molar-refractivity contribution in [2.24, 2.45) is 0 Å². The molecule has 3 heterocycles. The number of halogens is 1. The average molecular weight is 470 g/mol. The van der Waals surface area contributed by atoms with Crippen molar-refractivity contribution in [1.29, 1.82) is 0 Å². The Bertz CT molecular complexity index is 1200. The van der Waals surface area contributed by atoms with Gasteiger partial charge in [-0.3, -0.25) is 4.57 Å². The van der Waals surface area contributed by atoms with Gasteiger partial charge in [0.05, 0.1) is 5.69 Å². The van der Waals surface area contributed by atoms with Crippen LogP contribution in [-0.2, 0) is 6.54 Å². The van der Waals surface area contributed by atoms with Crippen LogP contribution in [0, 0.1) is 6.92 Å². The number of anilines is 1. The van der Waals surface area contributed by atoms with Crippen LogP contribution < -0.4 is 10.6 Å². The Balaban J connectivity index is 2.04. The molecule has 0 radical (unpaired) electrons. The molecule has 0 fully saturated rings. The monoisotopic (exact) mass is 469 g/mol. The van der Waals surface area contributed by atoms with Gasteiger partial charge in [-0.1, -0.05) is 32.9 Å². The number of aryl methyl sites for hydroxylation is 2. The Morgan fingerprint density at radius 1 is 1.27 bits per heavy atom. The van der Waals surface area contributed by atoms with Crippen LogP contribution in [0.4, 0.5) is 5.82 Å². The SMILES string of the molecule is C/C=C(\CC)N1CCCn2c(=O)n(-c3ccc(C(C)C)cc3Br)c3nc(C)nc1c32. The van der Waals surface area contributed by atoms with Crippen LogP contribution in [0.2, 0.25) is 0 Å². The maximum absolute atomic E-state index is 13.6. The van der Waals surface area contributed by atoms with E-state index in [0.717, 1.165) is 40.9 Å². The van der Waals surface area contributed by atoms with Crippen molar-refractivity contribution in [2.45, 2.75) is 59.9 Å². The minimum atomic E-state index is -0.0653. The van der Waals surface area contributed by atoms with Crippen LogP contribution >= 0.6 is 15.9 Å². The van der Waals surface area contributed by atoms with Crippen LogP contribution in [0.3, 0.4) is 0 Å². The molecule has 0 bridgehead atoms. The lowest BCUT2D eigenvalue weighted by atomic mass is 10.0. The first kappa shape index (κ1) is 20.8. The van der Waals surface area contributed by atoms with Crippen LogP contribution in [0.1, 0.15) is 57.8 Å². The largest absolute Gasteiger partial charge is 0.335 e. The van der Waals surface area contributed by atoms with E-state index >= 15 is 0 Å². The van der Waals surface area contributed by atoms with Gasteiger partial charge in [0, 0.05) is 23.3 Å². The third-order valence-corrected chi connectivity index (χ3v) is 6.44. The maximum atomic E-state index is 13.6. The molecule has 1 aliphatic rings. The molecule has 0 unspecified atom stereocenters. The molecule has 0 atom stereocenters. The predicted molar refractivity (Wildman–Crippen MR) is 126 cm³/mol. The number of benzene rings is 1. The zero-order valence-electron chi connectivity index (χ0n) is 18.2. The third-order valence-electron chi connectivity index (χ3n) is 5.80. The lowest BCUT2D eigenvalue weighted by Gasteiger charge is -2.25. The number of rotatable bonds is 4. The highest BCUT2D eigenvalue weighted by molar-refractivity contribution is 9.10. The van der Waals surface area contributed by atoms with Gasteiger partial charge in [0.2, 0.25) is 0 Å². The Morgan fingerprint density at radius 2 is 2.03 bits per heavy atom. The molecule has 2 aromatic heterocycles. The number of hydrogen-bond acceptors (Lipinski definition) is 4. The molecular weight excluding hydrogens is 442 g/mol. The van der Waals surface area contributed by atoms with Gasteiger partial charge in [0.25, 0.3) is 0 Å². The first-order chi connectivity index (χ1) is 14.4. The second-order valence-corrected chi connectivity index (χ2v) is 8.89. The quantitative estimate of drug-likeness (QED) is 0.519. The predicted octanol–water partition coefficient (Wildman–Crippen LogP) is 5.30. The molecule has 30 heavy (non-hydrogen) atoms.